The fraction of sp³-hybridized carbons (Fsp3) is 0.667. The van der Waals surface area contributed by atoms with Crippen molar-refractivity contribution >= 4 is 34.8 Å². The van der Waals surface area contributed by atoms with Crippen molar-refractivity contribution < 1.29 is 4.79 Å². The SMILES string of the molecule is CC1(C(=O)Nc2nc3c(s2)C[C@@H](N)CC3)CC1.Cl. The molecule has 0 bridgehead atoms. The molecule has 0 saturated heterocycles. The van der Waals surface area contributed by atoms with E-state index in [1.165, 1.54) is 4.88 Å². The standard InChI is InChI=1S/C12H17N3OS.ClH/c1-12(4-5-12)10(16)15-11-14-8-3-2-7(13)6-9(8)17-11;/h7H,2-6,13H2,1H3,(H,14,15,16);1H/t7-;/m0./s1. The first-order valence-electron chi connectivity index (χ1n) is 6.12. The molecule has 1 atom stereocenters. The first-order valence-corrected chi connectivity index (χ1v) is 6.94. The summed E-state index contributed by atoms with van der Waals surface area (Å²) in [5.74, 6) is 0.118. The van der Waals surface area contributed by atoms with Crippen LogP contribution in [0.2, 0.25) is 0 Å². The Bertz CT molecular complexity index is 470. The number of nitrogens with two attached hydrogens (primary N) is 1. The largest absolute Gasteiger partial charge is 0.327 e. The third-order valence-corrected chi connectivity index (χ3v) is 4.78. The van der Waals surface area contributed by atoms with Gasteiger partial charge in [-0.3, -0.25) is 4.79 Å². The van der Waals surface area contributed by atoms with Crippen LogP contribution >= 0.6 is 23.7 Å². The number of hydrogen-bond donors (Lipinski definition) is 2. The minimum absolute atomic E-state index is 0. The summed E-state index contributed by atoms with van der Waals surface area (Å²) in [4.78, 5) is 17.7. The third-order valence-electron chi connectivity index (χ3n) is 3.75. The minimum atomic E-state index is -0.136. The number of fused-ring (bicyclic) bond motifs is 1. The fourth-order valence-electron chi connectivity index (χ4n) is 2.12. The van der Waals surface area contributed by atoms with Gasteiger partial charge in [0.15, 0.2) is 5.13 Å². The van der Waals surface area contributed by atoms with Gasteiger partial charge in [-0.2, -0.15) is 0 Å². The van der Waals surface area contributed by atoms with Crippen molar-refractivity contribution in [2.45, 2.75) is 45.1 Å². The molecule has 1 heterocycles. The highest BCUT2D eigenvalue weighted by atomic mass is 35.5. The van der Waals surface area contributed by atoms with Crippen LogP contribution in [-0.4, -0.2) is 16.9 Å². The lowest BCUT2D eigenvalue weighted by molar-refractivity contribution is -0.120. The maximum absolute atomic E-state index is 11.9. The van der Waals surface area contributed by atoms with Gasteiger partial charge in [0.1, 0.15) is 0 Å². The van der Waals surface area contributed by atoms with Crippen molar-refractivity contribution in [3.63, 3.8) is 0 Å². The number of carbonyl (C=O) groups is 1. The lowest BCUT2D eigenvalue weighted by atomic mass is 9.99. The molecule has 2 aliphatic carbocycles. The molecule has 1 fully saturated rings. The van der Waals surface area contributed by atoms with Gasteiger partial charge in [0, 0.05) is 16.3 Å². The average Bonchev–Trinajstić information content (AvgIpc) is 2.90. The van der Waals surface area contributed by atoms with Crippen LogP contribution in [0.3, 0.4) is 0 Å². The number of anilines is 1. The van der Waals surface area contributed by atoms with Gasteiger partial charge in [-0.15, -0.1) is 23.7 Å². The van der Waals surface area contributed by atoms with Gasteiger partial charge in [-0.25, -0.2) is 4.98 Å². The van der Waals surface area contributed by atoms with Crippen LogP contribution in [0.15, 0.2) is 0 Å². The van der Waals surface area contributed by atoms with Crippen molar-refractivity contribution in [2.24, 2.45) is 11.1 Å². The van der Waals surface area contributed by atoms with E-state index in [1.807, 2.05) is 6.92 Å². The highest BCUT2D eigenvalue weighted by Crippen LogP contribution is 2.46. The van der Waals surface area contributed by atoms with Crippen molar-refractivity contribution in [2.75, 3.05) is 5.32 Å². The van der Waals surface area contributed by atoms with E-state index in [4.69, 9.17) is 5.73 Å². The summed E-state index contributed by atoms with van der Waals surface area (Å²) >= 11 is 1.59. The molecule has 1 aromatic rings. The number of aryl methyl sites for hydroxylation is 1. The summed E-state index contributed by atoms with van der Waals surface area (Å²) in [6, 6.07) is 0.257. The first kappa shape index (κ1) is 13.8. The van der Waals surface area contributed by atoms with E-state index >= 15 is 0 Å². The second-order valence-corrected chi connectivity index (χ2v) is 6.49. The quantitative estimate of drug-likeness (QED) is 0.875. The lowest BCUT2D eigenvalue weighted by Gasteiger charge is -2.15. The second-order valence-electron chi connectivity index (χ2n) is 5.41. The smallest absolute Gasteiger partial charge is 0.232 e. The Hall–Kier alpha value is -0.650. The fourth-order valence-corrected chi connectivity index (χ4v) is 3.21. The summed E-state index contributed by atoms with van der Waals surface area (Å²) in [6.45, 7) is 2.01. The van der Waals surface area contributed by atoms with E-state index in [2.05, 4.69) is 10.3 Å². The van der Waals surface area contributed by atoms with Crippen LogP contribution in [0.25, 0.3) is 0 Å². The molecule has 1 aromatic heterocycles. The van der Waals surface area contributed by atoms with Gasteiger partial charge in [0.25, 0.3) is 0 Å². The molecule has 0 aromatic carbocycles. The monoisotopic (exact) mass is 287 g/mol. The van der Waals surface area contributed by atoms with Gasteiger partial charge in [-0.1, -0.05) is 6.92 Å². The molecule has 1 saturated carbocycles. The van der Waals surface area contributed by atoms with Crippen LogP contribution in [0.1, 0.15) is 36.8 Å². The van der Waals surface area contributed by atoms with Crippen molar-refractivity contribution in [3.8, 4) is 0 Å². The van der Waals surface area contributed by atoms with Gasteiger partial charge < -0.3 is 11.1 Å². The van der Waals surface area contributed by atoms with Crippen molar-refractivity contribution in [3.05, 3.63) is 10.6 Å². The normalized spacial score (nSPS) is 23.8. The highest BCUT2D eigenvalue weighted by Gasteiger charge is 2.45. The molecule has 1 amide bonds. The predicted octanol–water partition coefficient (Wildman–Crippen LogP) is 2.12. The second kappa shape index (κ2) is 4.79. The maximum atomic E-state index is 11.9. The summed E-state index contributed by atoms with van der Waals surface area (Å²) in [7, 11) is 0. The Balaban J connectivity index is 0.00000120. The van der Waals surface area contributed by atoms with Gasteiger partial charge in [0.2, 0.25) is 5.91 Å². The molecule has 0 unspecified atom stereocenters. The average molecular weight is 288 g/mol. The molecule has 100 valence electrons. The summed E-state index contributed by atoms with van der Waals surface area (Å²) < 4.78 is 0. The maximum Gasteiger partial charge on any atom is 0.232 e. The molecule has 4 nitrogen and oxygen atoms in total. The molecule has 6 heteroatoms. The highest BCUT2D eigenvalue weighted by molar-refractivity contribution is 7.15. The van der Waals surface area contributed by atoms with Crippen molar-refractivity contribution in [1.29, 1.82) is 0 Å². The van der Waals surface area contributed by atoms with E-state index in [0.29, 0.717) is 0 Å². The Kier molecular flexibility index (Phi) is 3.67. The Labute approximate surface area is 117 Å². The predicted molar refractivity (Wildman–Crippen MR) is 75.3 cm³/mol. The molecular formula is C12H18ClN3OS. The van der Waals surface area contributed by atoms with Crippen LogP contribution in [-0.2, 0) is 17.6 Å². The number of rotatable bonds is 2. The van der Waals surface area contributed by atoms with Crippen LogP contribution in [0.5, 0.6) is 0 Å². The van der Waals surface area contributed by atoms with Crippen LogP contribution in [0, 0.1) is 5.41 Å². The van der Waals surface area contributed by atoms with E-state index in [-0.39, 0.29) is 29.8 Å². The third kappa shape index (κ3) is 2.53. The Morgan fingerprint density at radius 2 is 2.28 bits per heavy atom. The number of nitrogens with zero attached hydrogens (tertiary/aromatic N) is 1. The number of halogens is 1. The molecule has 0 radical (unpaired) electrons. The molecular weight excluding hydrogens is 270 g/mol. The molecule has 2 aliphatic rings. The summed E-state index contributed by atoms with van der Waals surface area (Å²) in [6.07, 6.45) is 4.84. The number of amides is 1. The zero-order valence-electron chi connectivity index (χ0n) is 10.4. The first-order chi connectivity index (χ1) is 8.07. The van der Waals surface area contributed by atoms with Crippen molar-refractivity contribution in [1.82, 2.24) is 4.98 Å². The number of carbonyl (C=O) groups excluding carboxylic acids is 1. The molecule has 0 aliphatic heterocycles. The van der Waals surface area contributed by atoms with E-state index in [0.717, 1.165) is 42.9 Å². The zero-order chi connectivity index (χ0) is 12.0. The van der Waals surface area contributed by atoms with Gasteiger partial charge >= 0.3 is 0 Å². The minimum Gasteiger partial charge on any atom is -0.327 e. The molecule has 18 heavy (non-hydrogen) atoms. The van der Waals surface area contributed by atoms with Crippen LogP contribution in [0.4, 0.5) is 5.13 Å². The van der Waals surface area contributed by atoms with E-state index < -0.39 is 0 Å². The van der Waals surface area contributed by atoms with Gasteiger partial charge in [-0.05, 0) is 32.1 Å². The Morgan fingerprint density at radius 1 is 1.56 bits per heavy atom. The number of hydrogen-bond acceptors (Lipinski definition) is 4. The van der Waals surface area contributed by atoms with Crippen LogP contribution < -0.4 is 11.1 Å². The topological polar surface area (TPSA) is 68.0 Å². The van der Waals surface area contributed by atoms with Gasteiger partial charge in [0.05, 0.1) is 5.69 Å². The summed E-state index contributed by atoms with van der Waals surface area (Å²) in [5, 5.41) is 3.70. The summed E-state index contributed by atoms with van der Waals surface area (Å²) in [5.41, 5.74) is 6.93. The molecule has 3 N–H and O–H groups in total. The molecule has 0 spiro atoms. The number of aromatic nitrogens is 1. The zero-order valence-corrected chi connectivity index (χ0v) is 12.0. The Morgan fingerprint density at radius 3 is 2.94 bits per heavy atom. The number of nitrogens with one attached hydrogen (secondary N) is 1. The van der Waals surface area contributed by atoms with E-state index in [9.17, 15) is 4.79 Å². The lowest BCUT2D eigenvalue weighted by Crippen LogP contribution is -2.27. The number of thiazole rings is 1. The molecule has 3 rings (SSSR count). The van der Waals surface area contributed by atoms with E-state index in [1.54, 1.807) is 11.3 Å².